The number of nitrogens with zero attached hydrogens (tertiary/aromatic N) is 2. The van der Waals surface area contributed by atoms with Crippen molar-refractivity contribution < 1.29 is 18.3 Å². The minimum absolute atomic E-state index is 0.156. The third-order valence-electron chi connectivity index (χ3n) is 2.84. The highest BCUT2D eigenvalue weighted by molar-refractivity contribution is 8.01. The van der Waals surface area contributed by atoms with E-state index in [1.807, 2.05) is 0 Å². The third kappa shape index (κ3) is 2.63. The van der Waals surface area contributed by atoms with Gasteiger partial charge in [-0.3, -0.25) is 4.79 Å². The number of rotatable bonds is 5. The summed E-state index contributed by atoms with van der Waals surface area (Å²) < 4.78 is 25.6. The summed E-state index contributed by atoms with van der Waals surface area (Å²) in [5.74, 6) is -0.926. The number of thioether (sulfide) groups is 1. The molecule has 1 saturated heterocycles. The van der Waals surface area contributed by atoms with E-state index in [4.69, 9.17) is 10.4 Å². The second-order valence-electron chi connectivity index (χ2n) is 3.95. The van der Waals surface area contributed by atoms with Gasteiger partial charge in [-0.05, 0) is 12.8 Å². The molecule has 3 unspecified atom stereocenters. The molecule has 0 aromatic rings. The van der Waals surface area contributed by atoms with Crippen LogP contribution in [0, 0.1) is 11.3 Å². The SMILES string of the molecule is CCC1SCC(C(=O)O)N1S(=O)(=O)C(C#N)CC. The van der Waals surface area contributed by atoms with E-state index in [1.165, 1.54) is 11.8 Å². The summed E-state index contributed by atoms with van der Waals surface area (Å²) in [6, 6.07) is 0.679. The summed E-state index contributed by atoms with van der Waals surface area (Å²) in [4.78, 5) is 11.1. The van der Waals surface area contributed by atoms with Crippen molar-refractivity contribution in [1.82, 2.24) is 4.31 Å². The maximum atomic E-state index is 12.3. The Balaban J connectivity index is 3.16. The summed E-state index contributed by atoms with van der Waals surface area (Å²) >= 11 is 1.31. The van der Waals surface area contributed by atoms with Gasteiger partial charge < -0.3 is 5.11 Å². The fourth-order valence-corrected chi connectivity index (χ4v) is 5.60. The lowest BCUT2D eigenvalue weighted by Crippen LogP contribution is -2.48. The molecular formula is C10H16N2O4S2. The Hall–Kier alpha value is -0.780. The molecule has 102 valence electrons. The first-order valence-electron chi connectivity index (χ1n) is 5.66. The summed E-state index contributed by atoms with van der Waals surface area (Å²) in [5.41, 5.74) is 0. The fourth-order valence-electron chi connectivity index (χ4n) is 1.88. The van der Waals surface area contributed by atoms with Crippen molar-refractivity contribution in [3.05, 3.63) is 0 Å². The maximum absolute atomic E-state index is 12.3. The number of carbonyl (C=O) groups is 1. The lowest BCUT2D eigenvalue weighted by molar-refractivity contribution is -0.140. The molecule has 8 heteroatoms. The van der Waals surface area contributed by atoms with Gasteiger partial charge in [0.25, 0.3) is 0 Å². The maximum Gasteiger partial charge on any atom is 0.322 e. The molecule has 1 N–H and O–H groups in total. The Morgan fingerprint density at radius 2 is 2.22 bits per heavy atom. The van der Waals surface area contributed by atoms with Crippen LogP contribution < -0.4 is 0 Å². The minimum Gasteiger partial charge on any atom is -0.480 e. The summed E-state index contributed by atoms with van der Waals surface area (Å²) in [6.45, 7) is 3.41. The van der Waals surface area contributed by atoms with E-state index in [2.05, 4.69) is 0 Å². The standard InChI is InChI=1S/C10H16N2O4S2/c1-3-7(5-11)18(15,16)12-8(10(13)14)6-17-9(12)4-2/h7-9H,3-4,6H2,1-2H3,(H,13,14). The van der Waals surface area contributed by atoms with E-state index < -0.39 is 32.7 Å². The largest absolute Gasteiger partial charge is 0.480 e. The van der Waals surface area contributed by atoms with Crippen LogP contribution in [0.4, 0.5) is 0 Å². The second-order valence-corrected chi connectivity index (χ2v) is 7.18. The van der Waals surface area contributed by atoms with Gasteiger partial charge in [-0.1, -0.05) is 13.8 Å². The van der Waals surface area contributed by atoms with E-state index in [9.17, 15) is 13.2 Å². The second kappa shape index (κ2) is 5.91. The van der Waals surface area contributed by atoms with Gasteiger partial charge >= 0.3 is 5.97 Å². The Bertz CT molecular complexity index is 457. The van der Waals surface area contributed by atoms with Crippen LogP contribution in [-0.4, -0.2) is 46.2 Å². The van der Waals surface area contributed by atoms with Crippen LogP contribution in [0.1, 0.15) is 26.7 Å². The van der Waals surface area contributed by atoms with Gasteiger partial charge in [0.05, 0.1) is 11.4 Å². The molecule has 1 aliphatic rings. The number of carboxylic acid groups (broad SMARTS) is 1. The quantitative estimate of drug-likeness (QED) is 0.806. The van der Waals surface area contributed by atoms with E-state index in [0.717, 1.165) is 4.31 Å². The number of aliphatic carboxylic acids is 1. The number of hydrogen-bond acceptors (Lipinski definition) is 5. The highest BCUT2D eigenvalue weighted by Crippen LogP contribution is 2.35. The predicted molar refractivity (Wildman–Crippen MR) is 68.4 cm³/mol. The Morgan fingerprint density at radius 3 is 2.61 bits per heavy atom. The molecule has 0 aromatic heterocycles. The number of sulfonamides is 1. The third-order valence-corrected chi connectivity index (χ3v) is 6.68. The first-order valence-corrected chi connectivity index (χ1v) is 8.21. The van der Waals surface area contributed by atoms with Gasteiger partial charge in [-0.25, -0.2) is 8.42 Å². The zero-order valence-electron chi connectivity index (χ0n) is 10.2. The molecule has 0 aromatic carbocycles. The van der Waals surface area contributed by atoms with Gasteiger partial charge in [-0.2, -0.15) is 9.57 Å². The van der Waals surface area contributed by atoms with Crippen molar-refractivity contribution >= 4 is 27.8 Å². The lowest BCUT2D eigenvalue weighted by atomic mass is 10.3. The van der Waals surface area contributed by atoms with Crippen LogP contribution in [0.15, 0.2) is 0 Å². The van der Waals surface area contributed by atoms with Gasteiger partial charge in [-0.15, -0.1) is 11.8 Å². The van der Waals surface area contributed by atoms with Crippen LogP contribution in [-0.2, 0) is 14.8 Å². The molecule has 0 saturated carbocycles. The highest BCUT2D eigenvalue weighted by atomic mass is 32.2. The molecule has 3 atom stereocenters. The van der Waals surface area contributed by atoms with Gasteiger partial charge in [0.2, 0.25) is 10.0 Å². The molecule has 0 bridgehead atoms. The smallest absolute Gasteiger partial charge is 0.322 e. The van der Waals surface area contributed by atoms with Crippen LogP contribution in [0.2, 0.25) is 0 Å². The summed E-state index contributed by atoms with van der Waals surface area (Å²) in [5, 5.41) is 16.4. The van der Waals surface area contributed by atoms with E-state index in [-0.39, 0.29) is 12.2 Å². The monoisotopic (exact) mass is 292 g/mol. The zero-order valence-corrected chi connectivity index (χ0v) is 11.9. The predicted octanol–water partition coefficient (Wildman–Crippen LogP) is 0.856. The topological polar surface area (TPSA) is 98.5 Å². The molecular weight excluding hydrogens is 276 g/mol. The van der Waals surface area contributed by atoms with Gasteiger partial charge in [0.15, 0.2) is 5.25 Å². The highest BCUT2D eigenvalue weighted by Gasteiger charge is 2.47. The van der Waals surface area contributed by atoms with Crippen LogP contribution >= 0.6 is 11.8 Å². The average molecular weight is 292 g/mol. The molecule has 1 aliphatic heterocycles. The fraction of sp³-hybridized carbons (Fsp3) is 0.800. The molecule has 6 nitrogen and oxygen atoms in total. The van der Waals surface area contributed by atoms with Crippen molar-refractivity contribution in [2.45, 2.75) is 43.4 Å². The average Bonchev–Trinajstić information content (AvgIpc) is 2.74. The first kappa shape index (κ1) is 15.3. The van der Waals surface area contributed by atoms with E-state index in [0.29, 0.717) is 6.42 Å². The number of carboxylic acids is 1. The zero-order chi connectivity index (χ0) is 13.9. The summed E-state index contributed by atoms with van der Waals surface area (Å²) in [7, 11) is -3.89. The van der Waals surface area contributed by atoms with E-state index in [1.54, 1.807) is 19.9 Å². The van der Waals surface area contributed by atoms with Crippen molar-refractivity contribution in [3.63, 3.8) is 0 Å². The van der Waals surface area contributed by atoms with Crippen LogP contribution in [0.5, 0.6) is 0 Å². The molecule has 0 spiro atoms. The Kier molecular flexibility index (Phi) is 5.01. The van der Waals surface area contributed by atoms with Gasteiger partial charge in [0, 0.05) is 5.75 Å². The minimum atomic E-state index is -3.89. The van der Waals surface area contributed by atoms with Gasteiger partial charge in [0.1, 0.15) is 6.04 Å². The molecule has 0 aliphatic carbocycles. The first-order chi connectivity index (χ1) is 8.39. The summed E-state index contributed by atoms with van der Waals surface area (Å²) in [6.07, 6.45) is 0.679. The van der Waals surface area contributed by atoms with Crippen molar-refractivity contribution in [2.24, 2.45) is 0 Å². The van der Waals surface area contributed by atoms with Crippen molar-refractivity contribution in [2.75, 3.05) is 5.75 Å². The Labute approximate surface area is 111 Å². The molecule has 18 heavy (non-hydrogen) atoms. The Morgan fingerprint density at radius 1 is 1.61 bits per heavy atom. The molecule has 0 amide bonds. The van der Waals surface area contributed by atoms with Crippen molar-refractivity contribution in [3.8, 4) is 6.07 Å². The van der Waals surface area contributed by atoms with Crippen LogP contribution in [0.25, 0.3) is 0 Å². The van der Waals surface area contributed by atoms with Crippen molar-refractivity contribution in [1.29, 1.82) is 5.26 Å². The molecule has 1 rings (SSSR count). The molecule has 0 radical (unpaired) electrons. The lowest BCUT2D eigenvalue weighted by Gasteiger charge is -2.27. The normalized spacial score (nSPS) is 26.7. The number of nitriles is 1. The van der Waals surface area contributed by atoms with E-state index >= 15 is 0 Å². The molecule has 1 heterocycles. The number of hydrogen-bond donors (Lipinski definition) is 1. The van der Waals surface area contributed by atoms with Crippen LogP contribution in [0.3, 0.4) is 0 Å². The molecule has 1 fully saturated rings.